The first-order chi connectivity index (χ1) is 36.5. The Bertz CT molecular complexity index is 3650. The van der Waals surface area contributed by atoms with Crippen LogP contribution in [0.25, 0.3) is 44.1 Å². The van der Waals surface area contributed by atoms with Crippen LogP contribution in [-0.4, -0.2) is 152 Å². The van der Waals surface area contributed by atoms with Crippen LogP contribution in [0.4, 0.5) is 10.2 Å². The van der Waals surface area contributed by atoms with E-state index in [1.165, 1.54) is 73.4 Å². The zero-order chi connectivity index (χ0) is 56.4. The van der Waals surface area contributed by atoms with Gasteiger partial charge in [-0.2, -0.15) is 10.2 Å². The Morgan fingerprint density at radius 2 is 1.19 bits per heavy atom. The van der Waals surface area contributed by atoms with Crippen LogP contribution in [0, 0.1) is 13.8 Å². The van der Waals surface area contributed by atoms with E-state index in [4.69, 9.17) is 5.11 Å². The molecule has 1 saturated heterocycles. The van der Waals surface area contributed by atoms with Crippen molar-refractivity contribution in [1.29, 1.82) is 0 Å². The maximum atomic E-state index is 14.6. The molecule has 78 heavy (non-hydrogen) atoms. The second-order valence-corrected chi connectivity index (χ2v) is 25.2. The van der Waals surface area contributed by atoms with Gasteiger partial charge in [0.25, 0.3) is 11.8 Å². The van der Waals surface area contributed by atoms with Crippen molar-refractivity contribution in [3.8, 4) is 22.3 Å². The molecular formula is C49H51BrFN13O8S6. The Balaban J connectivity index is 0.000000275. The smallest absolute Gasteiger partial charge is 0.325 e. The molecule has 2 atom stereocenters. The number of amides is 4. The van der Waals surface area contributed by atoms with Gasteiger partial charge in [-0.15, -0.1) is 0 Å². The number of halogens is 2. The molecule has 410 valence electrons. The Hall–Kier alpha value is -6.89. The third kappa shape index (κ3) is 15.0. The van der Waals surface area contributed by atoms with E-state index in [1.807, 2.05) is 0 Å². The first-order valence-electron chi connectivity index (χ1n) is 22.7. The van der Waals surface area contributed by atoms with Crippen LogP contribution in [-0.2, 0) is 85.4 Å². The summed E-state index contributed by atoms with van der Waals surface area (Å²) in [6, 6.07) is 10.4. The van der Waals surface area contributed by atoms with Crippen molar-refractivity contribution in [2.24, 2.45) is 0 Å². The molecule has 21 nitrogen and oxygen atoms in total. The highest BCUT2D eigenvalue weighted by Gasteiger charge is 2.40. The van der Waals surface area contributed by atoms with E-state index < -0.39 is 43.1 Å². The van der Waals surface area contributed by atoms with Gasteiger partial charge in [0.15, 0.2) is 11.6 Å². The lowest BCUT2D eigenvalue weighted by atomic mass is 9.97. The highest BCUT2D eigenvalue weighted by molar-refractivity contribution is 9.10. The zero-order valence-corrected chi connectivity index (χ0v) is 48.7. The summed E-state index contributed by atoms with van der Waals surface area (Å²) in [7, 11) is 12.1. The van der Waals surface area contributed by atoms with Gasteiger partial charge in [-0.05, 0) is 77.3 Å². The van der Waals surface area contributed by atoms with Crippen molar-refractivity contribution in [2.45, 2.75) is 66.8 Å². The molecule has 4 amide bonds. The monoisotopic (exact) mass is 1240 g/mol. The van der Waals surface area contributed by atoms with Gasteiger partial charge >= 0.3 is 5.97 Å². The third-order valence-electron chi connectivity index (χ3n) is 11.4. The number of ketones is 2. The Morgan fingerprint density at radius 3 is 1.59 bits per heavy atom. The molecule has 2 aromatic carbocycles. The number of pyridine rings is 1. The number of Topliss-reactive ketones (excluding diaryl/α,β-unsaturated/α-hetero) is 2. The van der Waals surface area contributed by atoms with Gasteiger partial charge in [-0.25, -0.2) is 29.3 Å². The minimum absolute atomic E-state index is 0. The van der Waals surface area contributed by atoms with E-state index in [0.717, 1.165) is 0 Å². The van der Waals surface area contributed by atoms with E-state index in [9.17, 15) is 38.0 Å². The number of hydrogen-bond acceptors (Lipinski definition) is 16. The van der Waals surface area contributed by atoms with Gasteiger partial charge in [0.1, 0.15) is 58.8 Å². The van der Waals surface area contributed by atoms with Gasteiger partial charge in [0.05, 0.1) is 17.6 Å². The number of carbonyl (C=O) groups is 7. The molecule has 1 aliphatic heterocycles. The van der Waals surface area contributed by atoms with Crippen molar-refractivity contribution in [3.05, 3.63) is 106 Å². The van der Waals surface area contributed by atoms with Crippen LogP contribution in [0.5, 0.6) is 0 Å². The maximum Gasteiger partial charge on any atom is 0.325 e. The molecule has 1 fully saturated rings. The quantitative estimate of drug-likeness (QED) is 0.107. The Morgan fingerprint density at radius 1 is 0.744 bits per heavy atom. The lowest BCUT2D eigenvalue weighted by Crippen LogP contribution is -2.44. The summed E-state index contributed by atoms with van der Waals surface area (Å²) in [5, 5.41) is 21.3. The highest BCUT2D eigenvalue weighted by atomic mass is 79.9. The fourth-order valence-electron chi connectivity index (χ4n) is 7.94. The Labute approximate surface area is 476 Å². The topological polar surface area (TPSA) is 262 Å². The summed E-state index contributed by atoms with van der Waals surface area (Å²) in [4.78, 5) is 114. The molecule has 0 radical (unpaired) electrons. The van der Waals surface area contributed by atoms with Crippen LogP contribution < -0.4 is 5.32 Å². The molecule has 0 spiro atoms. The van der Waals surface area contributed by atoms with Crippen molar-refractivity contribution in [2.75, 3.05) is 40.1 Å². The van der Waals surface area contributed by atoms with Gasteiger partial charge in [-0.1, -0.05) is 13.5 Å². The van der Waals surface area contributed by atoms with Crippen LogP contribution in [0.2, 0.25) is 0 Å². The van der Waals surface area contributed by atoms with Crippen molar-refractivity contribution < 1.29 is 43.1 Å². The first kappa shape index (κ1) is 62.0. The number of anilines is 1. The number of fused-ring (bicyclic) bond motifs is 2. The van der Waals surface area contributed by atoms with Crippen molar-refractivity contribution in [3.63, 3.8) is 0 Å². The summed E-state index contributed by atoms with van der Waals surface area (Å²) >= 11 is 12.3. The number of carbonyl (C=O) groups excluding carboxylic acids is 6. The maximum absolute atomic E-state index is 14.6. The zero-order valence-electron chi connectivity index (χ0n) is 42.2. The molecular weight excluding hydrogens is 1190 g/mol. The predicted octanol–water partition coefficient (Wildman–Crippen LogP) is 5.85. The fraction of sp³-hybridized carbons (Fsp3) is 0.306. The van der Waals surface area contributed by atoms with Crippen LogP contribution in [0.15, 0.2) is 71.9 Å². The number of alkyl halides is 1. The molecule has 7 aromatic rings. The van der Waals surface area contributed by atoms with Crippen LogP contribution >= 0.6 is 15.9 Å². The van der Waals surface area contributed by atoms with Crippen molar-refractivity contribution >= 4 is 143 Å². The molecule has 0 saturated carbocycles. The van der Waals surface area contributed by atoms with E-state index in [0.29, 0.717) is 65.9 Å². The first-order valence-corrected chi connectivity index (χ1v) is 30.1. The minimum atomic E-state index is -1.40. The summed E-state index contributed by atoms with van der Waals surface area (Å²) in [5.41, 5.74) is 3.85. The number of nitrogens with one attached hydrogen (secondary N) is 1. The number of hydrogen-bond donors (Lipinski definition) is 2. The number of benzene rings is 2. The second-order valence-electron chi connectivity index (χ2n) is 17.3. The number of nitrogens with zero attached hydrogens (tertiary/aromatic N) is 12. The third-order valence-corrected chi connectivity index (χ3v) is 18.5. The van der Waals surface area contributed by atoms with Crippen molar-refractivity contribution in [1.82, 2.24) is 59.2 Å². The molecule has 0 unspecified atom stereocenters. The average molecular weight is 1240 g/mol. The molecule has 0 aliphatic carbocycles. The van der Waals surface area contributed by atoms with Gasteiger partial charge < -0.3 is 25.1 Å². The highest BCUT2D eigenvalue weighted by Crippen LogP contribution is 2.34. The SMILES string of the molecule is C.CC(=O)c1nn(CC(=O)N2C[C@H](F)C[C@H]2C(=O)Nc2cccc(Br)n2)c2cc(C(=O)N(C)C)c(-c3cnc(C)nc3)cc12.CC(=O)c1nn(CC(=O)O)c2cc(C(=O)N(C)C)c(-c3cnc(C)nc3)cc12.S=S=S=S=S=S. The van der Waals surface area contributed by atoms with Crippen LogP contribution in [0.3, 0.4) is 0 Å². The number of carboxylic acid groups (broad SMARTS) is 1. The fourth-order valence-corrected chi connectivity index (χ4v) is 13.8. The molecule has 0 bridgehead atoms. The average Bonchev–Trinajstić information content (AvgIpc) is 4.15. The number of carboxylic acids is 1. The lowest BCUT2D eigenvalue weighted by molar-refractivity contribution is -0.138. The number of aryl methyl sites for hydroxylation is 2. The molecule has 2 N–H and O–H groups in total. The Kier molecular flexibility index (Phi) is 21.9. The van der Waals surface area contributed by atoms with E-state index in [1.54, 1.807) is 109 Å². The number of likely N-dealkylation sites (tertiary alicyclic amines) is 1. The second kappa shape index (κ2) is 27.6. The lowest BCUT2D eigenvalue weighted by Gasteiger charge is -2.23. The van der Waals surface area contributed by atoms with Gasteiger partial charge in [0.2, 0.25) is 11.8 Å². The van der Waals surface area contributed by atoms with E-state index in [2.05, 4.69) is 78.7 Å². The number of rotatable bonds is 12. The predicted molar refractivity (Wildman–Crippen MR) is 311 cm³/mol. The molecule has 5 aromatic heterocycles. The minimum Gasteiger partial charge on any atom is -0.480 e. The van der Waals surface area contributed by atoms with Crippen LogP contribution in [0.1, 0.15) is 81.0 Å². The molecule has 8 rings (SSSR count). The number of aliphatic carboxylic acids is 1. The summed E-state index contributed by atoms with van der Waals surface area (Å²) in [6.45, 7) is 5.12. The van der Waals surface area contributed by atoms with Gasteiger partial charge in [-0.3, -0.25) is 42.9 Å². The molecule has 6 heterocycles. The molecule has 1 aliphatic rings. The summed E-state index contributed by atoms with van der Waals surface area (Å²) in [5.74, 6) is -2.09. The van der Waals surface area contributed by atoms with Gasteiger partial charge in [0, 0.05) is 164 Å². The largest absolute Gasteiger partial charge is 0.480 e. The normalized spacial score (nSPS) is 13.4. The summed E-state index contributed by atoms with van der Waals surface area (Å²) < 4.78 is 17.6. The van der Waals surface area contributed by atoms with E-state index in [-0.39, 0.29) is 66.5 Å². The standard InChI is InChI=1S/C29H28BrFN8O4.C19H19N5O4.CH4.S6/c1-15(40)27-21-9-19(17-11-32-16(2)33-12-17)20(29(43)37(3)4)10-22(21)39(36-27)14-26(41)38-13-18(31)8-23(38)28(42)35-25-7-5-6-24(30)34-25;1-10(25)18-15-5-13(12-7-20-11(2)21-8-12)14(19(28)23(3)4)6-16(15)24(22-18)9-17(26)27;;1-3-5-6-4-2/h5-7,9-12,18,23H,8,13-14H2,1-4H3,(H,34,35,42);5-8H,9H2,1-4H3,(H,26,27);1H4;/t18-,23+;;;/m1.../s1. The number of aromatic nitrogens is 9. The molecule has 29 heteroatoms. The summed E-state index contributed by atoms with van der Waals surface area (Å²) in [6.07, 6.45) is 4.81. The van der Waals surface area contributed by atoms with E-state index >= 15 is 0 Å².